The number of hydrogen-bond acceptors (Lipinski definition) is 2. The number of aliphatic carboxylic acids is 1. The number of carboxylic acid groups (broad SMARTS) is 1. The number of amides is 1. The van der Waals surface area contributed by atoms with Crippen LogP contribution in [0.15, 0.2) is 24.3 Å². The molecule has 1 amide bonds. The highest BCUT2D eigenvalue weighted by Gasteiger charge is 2.59. The lowest BCUT2D eigenvalue weighted by Gasteiger charge is -2.32. The Labute approximate surface area is 124 Å². The van der Waals surface area contributed by atoms with Crippen LogP contribution >= 0.6 is 0 Å². The van der Waals surface area contributed by atoms with Gasteiger partial charge in [0.1, 0.15) is 0 Å². The Morgan fingerprint density at radius 1 is 1.29 bits per heavy atom. The van der Waals surface area contributed by atoms with Crippen molar-refractivity contribution in [3.05, 3.63) is 35.4 Å². The van der Waals surface area contributed by atoms with Crippen molar-refractivity contribution in [1.82, 2.24) is 4.90 Å². The maximum Gasteiger partial charge on any atom is 0.307 e. The molecule has 1 aromatic rings. The molecule has 0 bridgehead atoms. The van der Waals surface area contributed by atoms with Crippen LogP contribution in [-0.4, -0.2) is 35.0 Å². The third-order valence-corrected chi connectivity index (χ3v) is 5.20. The van der Waals surface area contributed by atoms with Gasteiger partial charge in [-0.1, -0.05) is 24.3 Å². The second kappa shape index (κ2) is 5.17. The SMILES string of the molecule is Cc1ccccc1CC(=O)N1CCC2(CC1)CC2C(=O)O. The van der Waals surface area contributed by atoms with Gasteiger partial charge in [0.2, 0.25) is 5.91 Å². The highest BCUT2D eigenvalue weighted by molar-refractivity contribution is 5.79. The van der Waals surface area contributed by atoms with Crippen molar-refractivity contribution in [3.8, 4) is 0 Å². The summed E-state index contributed by atoms with van der Waals surface area (Å²) >= 11 is 0. The predicted molar refractivity (Wildman–Crippen MR) is 78.9 cm³/mol. The minimum absolute atomic E-state index is 0.00865. The Hall–Kier alpha value is -1.84. The van der Waals surface area contributed by atoms with Crippen LogP contribution in [0, 0.1) is 18.3 Å². The lowest BCUT2D eigenvalue weighted by atomic mass is 9.90. The molecule has 2 fully saturated rings. The Bertz CT molecular complexity index is 573. The van der Waals surface area contributed by atoms with Crippen molar-refractivity contribution < 1.29 is 14.7 Å². The second-order valence-corrected chi connectivity index (χ2v) is 6.44. The van der Waals surface area contributed by atoms with Crippen molar-refractivity contribution in [3.63, 3.8) is 0 Å². The zero-order valence-electron chi connectivity index (χ0n) is 12.3. The number of rotatable bonds is 3. The first-order valence-corrected chi connectivity index (χ1v) is 7.57. The molecular formula is C17H21NO3. The van der Waals surface area contributed by atoms with Gasteiger partial charge in [0.05, 0.1) is 12.3 Å². The minimum atomic E-state index is -0.672. The van der Waals surface area contributed by atoms with Crippen LogP contribution in [0.3, 0.4) is 0 Å². The first-order chi connectivity index (χ1) is 10.0. The molecule has 1 aliphatic heterocycles. The van der Waals surface area contributed by atoms with Crippen molar-refractivity contribution in [2.24, 2.45) is 11.3 Å². The Balaban J connectivity index is 1.57. The molecule has 1 saturated heterocycles. The molecule has 4 heteroatoms. The molecule has 0 aromatic heterocycles. The average Bonchev–Trinajstić information content (AvgIpc) is 3.16. The normalized spacial score (nSPS) is 23.1. The average molecular weight is 287 g/mol. The molecule has 1 spiro atoms. The van der Waals surface area contributed by atoms with Gasteiger partial charge in [-0.3, -0.25) is 9.59 Å². The molecule has 3 rings (SSSR count). The van der Waals surface area contributed by atoms with Crippen LogP contribution in [0.2, 0.25) is 0 Å². The van der Waals surface area contributed by atoms with Crippen LogP contribution in [-0.2, 0) is 16.0 Å². The lowest BCUT2D eigenvalue weighted by molar-refractivity contribution is -0.139. The number of nitrogens with zero attached hydrogens (tertiary/aromatic N) is 1. The van der Waals surface area contributed by atoms with Crippen molar-refractivity contribution >= 4 is 11.9 Å². The summed E-state index contributed by atoms with van der Waals surface area (Å²) in [6.45, 7) is 3.43. The third-order valence-electron chi connectivity index (χ3n) is 5.20. The molecule has 1 aromatic carbocycles. The molecular weight excluding hydrogens is 266 g/mol. The van der Waals surface area contributed by atoms with Crippen LogP contribution in [0.25, 0.3) is 0 Å². The highest BCUT2D eigenvalue weighted by Crippen LogP contribution is 2.59. The van der Waals surface area contributed by atoms with Gasteiger partial charge in [-0.05, 0) is 42.7 Å². The quantitative estimate of drug-likeness (QED) is 0.927. The Morgan fingerprint density at radius 2 is 1.95 bits per heavy atom. The monoisotopic (exact) mass is 287 g/mol. The smallest absolute Gasteiger partial charge is 0.307 e. The molecule has 1 N–H and O–H groups in total. The predicted octanol–water partition coefficient (Wildman–Crippen LogP) is 2.25. The van der Waals surface area contributed by atoms with E-state index in [2.05, 4.69) is 0 Å². The summed E-state index contributed by atoms with van der Waals surface area (Å²) in [7, 11) is 0. The minimum Gasteiger partial charge on any atom is -0.481 e. The molecule has 2 aliphatic rings. The van der Waals surface area contributed by atoms with Gasteiger partial charge >= 0.3 is 5.97 Å². The van der Waals surface area contributed by atoms with Crippen LogP contribution in [0.4, 0.5) is 0 Å². The molecule has 1 unspecified atom stereocenters. The molecule has 21 heavy (non-hydrogen) atoms. The molecule has 1 atom stereocenters. The number of aryl methyl sites for hydroxylation is 1. The zero-order chi connectivity index (χ0) is 15.0. The summed E-state index contributed by atoms with van der Waals surface area (Å²) in [6.07, 6.45) is 2.91. The Kier molecular flexibility index (Phi) is 3.47. The lowest BCUT2D eigenvalue weighted by Crippen LogP contribution is -2.40. The summed E-state index contributed by atoms with van der Waals surface area (Å²) in [5.74, 6) is -0.688. The van der Waals surface area contributed by atoms with Crippen LogP contribution < -0.4 is 0 Å². The topological polar surface area (TPSA) is 57.6 Å². The fourth-order valence-corrected chi connectivity index (χ4v) is 3.53. The molecule has 112 valence electrons. The Morgan fingerprint density at radius 3 is 2.52 bits per heavy atom. The van der Waals surface area contributed by atoms with E-state index in [1.807, 2.05) is 36.1 Å². The second-order valence-electron chi connectivity index (χ2n) is 6.44. The van der Waals surface area contributed by atoms with E-state index in [-0.39, 0.29) is 17.2 Å². The number of piperidine rings is 1. The molecule has 1 aliphatic carbocycles. The van der Waals surface area contributed by atoms with Crippen molar-refractivity contribution in [2.45, 2.75) is 32.6 Å². The van der Waals surface area contributed by atoms with Gasteiger partial charge in [0, 0.05) is 13.1 Å². The van der Waals surface area contributed by atoms with Crippen molar-refractivity contribution in [2.75, 3.05) is 13.1 Å². The molecule has 4 nitrogen and oxygen atoms in total. The molecule has 0 radical (unpaired) electrons. The van der Waals surface area contributed by atoms with Crippen molar-refractivity contribution in [1.29, 1.82) is 0 Å². The van der Waals surface area contributed by atoms with Gasteiger partial charge in [-0.15, -0.1) is 0 Å². The van der Waals surface area contributed by atoms with E-state index in [0.717, 1.165) is 30.4 Å². The fourth-order valence-electron chi connectivity index (χ4n) is 3.53. The molecule has 1 heterocycles. The number of carbonyl (C=O) groups is 2. The van der Waals surface area contributed by atoms with Gasteiger partial charge in [-0.2, -0.15) is 0 Å². The standard InChI is InChI=1S/C17H21NO3/c1-12-4-2-3-5-13(12)10-15(19)18-8-6-17(7-9-18)11-14(17)16(20)21/h2-5,14H,6-11H2,1H3,(H,20,21). The summed E-state index contributed by atoms with van der Waals surface area (Å²) in [4.78, 5) is 25.3. The van der Waals surface area contributed by atoms with E-state index in [0.29, 0.717) is 19.5 Å². The molecule has 1 saturated carbocycles. The maximum atomic E-state index is 12.4. The van der Waals surface area contributed by atoms with Gasteiger partial charge in [0.25, 0.3) is 0 Å². The summed E-state index contributed by atoms with van der Waals surface area (Å²) in [5, 5.41) is 9.09. The maximum absolute atomic E-state index is 12.4. The third kappa shape index (κ3) is 2.67. The number of carboxylic acids is 1. The van der Waals surface area contributed by atoms with Gasteiger partial charge in [-0.25, -0.2) is 0 Å². The number of likely N-dealkylation sites (tertiary alicyclic amines) is 1. The van der Waals surface area contributed by atoms with Crippen LogP contribution in [0.1, 0.15) is 30.4 Å². The number of benzene rings is 1. The van der Waals surface area contributed by atoms with Crippen LogP contribution in [0.5, 0.6) is 0 Å². The largest absolute Gasteiger partial charge is 0.481 e. The van der Waals surface area contributed by atoms with Gasteiger partial charge < -0.3 is 10.0 Å². The van der Waals surface area contributed by atoms with E-state index in [4.69, 9.17) is 5.11 Å². The van der Waals surface area contributed by atoms with E-state index < -0.39 is 5.97 Å². The highest BCUT2D eigenvalue weighted by atomic mass is 16.4. The zero-order valence-corrected chi connectivity index (χ0v) is 12.3. The fraction of sp³-hybridized carbons (Fsp3) is 0.529. The first kappa shape index (κ1) is 14.1. The van der Waals surface area contributed by atoms with Gasteiger partial charge in [0.15, 0.2) is 0 Å². The summed E-state index contributed by atoms with van der Waals surface area (Å²) in [6, 6.07) is 7.96. The van der Waals surface area contributed by atoms with E-state index >= 15 is 0 Å². The summed E-state index contributed by atoms with van der Waals surface area (Å²) < 4.78 is 0. The number of carbonyl (C=O) groups excluding carboxylic acids is 1. The van der Waals surface area contributed by atoms with E-state index in [1.165, 1.54) is 0 Å². The van der Waals surface area contributed by atoms with E-state index in [1.54, 1.807) is 0 Å². The number of hydrogen-bond donors (Lipinski definition) is 1. The first-order valence-electron chi connectivity index (χ1n) is 7.57. The van der Waals surface area contributed by atoms with E-state index in [9.17, 15) is 9.59 Å². The summed E-state index contributed by atoms with van der Waals surface area (Å²) in [5.41, 5.74) is 2.22.